The minimum Gasteiger partial charge on any atom is -0.360 e. The average molecular weight is 349 g/mol. The van der Waals surface area contributed by atoms with E-state index in [1.54, 1.807) is 43.0 Å². The summed E-state index contributed by atoms with van der Waals surface area (Å²) in [6.45, 7) is 3.78. The predicted octanol–water partition coefficient (Wildman–Crippen LogP) is 2.61. The van der Waals surface area contributed by atoms with Crippen molar-refractivity contribution < 1.29 is 17.7 Å². The van der Waals surface area contributed by atoms with E-state index < -0.39 is 10.0 Å². The van der Waals surface area contributed by atoms with Crippen molar-refractivity contribution in [2.24, 2.45) is 0 Å². The molecule has 8 heteroatoms. The molecule has 0 bridgehead atoms. The van der Waals surface area contributed by atoms with Crippen LogP contribution in [0.5, 0.6) is 0 Å². The minimum atomic E-state index is -3.80. The maximum Gasteiger partial charge on any atom is 0.267 e. The Bertz CT molecular complexity index is 854. The SMILES string of the molecule is Cc1noc(C)c1S(=O)(=O)Nc1cccc(N2CCCCC2=O)c1. The van der Waals surface area contributed by atoms with E-state index in [9.17, 15) is 13.2 Å². The van der Waals surface area contributed by atoms with E-state index in [2.05, 4.69) is 9.88 Å². The van der Waals surface area contributed by atoms with Gasteiger partial charge in [0.25, 0.3) is 10.0 Å². The van der Waals surface area contributed by atoms with Crippen LogP contribution in [0.1, 0.15) is 30.7 Å². The van der Waals surface area contributed by atoms with Crippen LogP contribution in [-0.2, 0) is 14.8 Å². The van der Waals surface area contributed by atoms with E-state index in [1.165, 1.54) is 0 Å². The number of aryl methyl sites for hydroxylation is 2. The first-order valence-corrected chi connectivity index (χ1v) is 9.23. The zero-order valence-electron chi connectivity index (χ0n) is 13.6. The molecule has 0 aliphatic carbocycles. The minimum absolute atomic E-state index is 0.0435. The lowest BCUT2D eigenvalue weighted by Crippen LogP contribution is -2.35. The van der Waals surface area contributed by atoms with Crippen LogP contribution in [0.2, 0.25) is 0 Å². The molecule has 1 fully saturated rings. The highest BCUT2D eigenvalue weighted by Gasteiger charge is 2.25. The summed E-state index contributed by atoms with van der Waals surface area (Å²) in [7, 11) is -3.80. The molecule has 0 radical (unpaired) electrons. The fourth-order valence-corrected chi connectivity index (χ4v) is 4.26. The molecule has 0 saturated carbocycles. The number of aromatic nitrogens is 1. The monoisotopic (exact) mass is 349 g/mol. The van der Waals surface area contributed by atoms with Gasteiger partial charge in [0.2, 0.25) is 5.91 Å². The lowest BCUT2D eigenvalue weighted by Gasteiger charge is -2.27. The number of nitrogens with zero attached hydrogens (tertiary/aromatic N) is 2. The number of sulfonamides is 1. The average Bonchev–Trinajstić information content (AvgIpc) is 2.87. The van der Waals surface area contributed by atoms with Crippen molar-refractivity contribution in [3.8, 4) is 0 Å². The molecule has 1 aliphatic heterocycles. The second-order valence-corrected chi connectivity index (χ2v) is 7.43. The maximum absolute atomic E-state index is 12.6. The summed E-state index contributed by atoms with van der Waals surface area (Å²) in [6, 6.07) is 6.84. The highest BCUT2D eigenvalue weighted by atomic mass is 32.2. The predicted molar refractivity (Wildman–Crippen MR) is 89.4 cm³/mol. The Labute approximate surface area is 140 Å². The molecule has 0 spiro atoms. The van der Waals surface area contributed by atoms with Crippen LogP contribution in [0.15, 0.2) is 33.7 Å². The molecule has 1 aliphatic rings. The van der Waals surface area contributed by atoms with Crippen molar-refractivity contribution >= 4 is 27.3 Å². The number of piperidine rings is 1. The normalized spacial score (nSPS) is 15.6. The highest BCUT2D eigenvalue weighted by Crippen LogP contribution is 2.27. The van der Waals surface area contributed by atoms with E-state index in [0.29, 0.717) is 30.0 Å². The Morgan fingerprint density at radius 1 is 1.25 bits per heavy atom. The number of hydrogen-bond donors (Lipinski definition) is 1. The quantitative estimate of drug-likeness (QED) is 0.916. The van der Waals surface area contributed by atoms with E-state index in [1.807, 2.05) is 0 Å². The molecule has 24 heavy (non-hydrogen) atoms. The van der Waals surface area contributed by atoms with Crippen LogP contribution >= 0.6 is 0 Å². The van der Waals surface area contributed by atoms with Crippen molar-refractivity contribution in [2.75, 3.05) is 16.2 Å². The Balaban J connectivity index is 1.88. The van der Waals surface area contributed by atoms with Gasteiger partial charge in [-0.2, -0.15) is 0 Å². The van der Waals surface area contributed by atoms with Crippen LogP contribution in [0, 0.1) is 13.8 Å². The van der Waals surface area contributed by atoms with Crippen molar-refractivity contribution in [1.29, 1.82) is 0 Å². The molecule has 1 aromatic heterocycles. The lowest BCUT2D eigenvalue weighted by molar-refractivity contribution is -0.119. The van der Waals surface area contributed by atoms with Crippen LogP contribution < -0.4 is 9.62 Å². The number of carbonyl (C=O) groups excluding carboxylic acids is 1. The molecule has 2 aromatic rings. The van der Waals surface area contributed by atoms with Crippen LogP contribution in [0.3, 0.4) is 0 Å². The molecule has 3 rings (SSSR count). The van der Waals surface area contributed by atoms with Crippen molar-refractivity contribution in [3.05, 3.63) is 35.7 Å². The topological polar surface area (TPSA) is 92.5 Å². The molecule has 1 amide bonds. The smallest absolute Gasteiger partial charge is 0.267 e. The summed E-state index contributed by atoms with van der Waals surface area (Å²) in [5.41, 5.74) is 1.40. The van der Waals surface area contributed by atoms with Gasteiger partial charge in [-0.15, -0.1) is 0 Å². The molecule has 2 heterocycles. The Morgan fingerprint density at radius 3 is 2.71 bits per heavy atom. The fraction of sp³-hybridized carbons (Fsp3) is 0.375. The number of nitrogens with one attached hydrogen (secondary N) is 1. The number of carbonyl (C=O) groups is 1. The number of benzene rings is 1. The van der Waals surface area contributed by atoms with Gasteiger partial charge in [-0.1, -0.05) is 11.2 Å². The Morgan fingerprint density at radius 2 is 2.04 bits per heavy atom. The van der Waals surface area contributed by atoms with E-state index in [4.69, 9.17) is 4.52 Å². The van der Waals surface area contributed by atoms with Gasteiger partial charge in [0.05, 0.1) is 5.69 Å². The van der Waals surface area contributed by atoms with Gasteiger partial charge in [-0.05, 0) is 44.9 Å². The molecule has 0 unspecified atom stereocenters. The third kappa shape index (κ3) is 3.14. The van der Waals surface area contributed by atoms with Crippen molar-refractivity contribution in [1.82, 2.24) is 5.16 Å². The van der Waals surface area contributed by atoms with Gasteiger partial charge in [-0.25, -0.2) is 8.42 Å². The van der Waals surface area contributed by atoms with Gasteiger partial charge in [-0.3, -0.25) is 9.52 Å². The molecule has 0 atom stereocenters. The van der Waals surface area contributed by atoms with Crippen LogP contribution in [0.4, 0.5) is 11.4 Å². The summed E-state index contributed by atoms with van der Waals surface area (Å²) in [5.74, 6) is 0.300. The fourth-order valence-electron chi connectivity index (χ4n) is 2.88. The molecule has 128 valence electrons. The lowest BCUT2D eigenvalue weighted by atomic mass is 10.1. The standard InChI is InChI=1S/C16H19N3O4S/c1-11-16(12(2)23-17-11)24(21,22)18-13-6-5-7-14(10-13)19-9-4-3-8-15(19)20/h5-7,10,18H,3-4,8-9H2,1-2H3. The number of rotatable bonds is 4. The summed E-state index contributed by atoms with van der Waals surface area (Å²) in [5, 5.41) is 3.68. The van der Waals surface area contributed by atoms with E-state index in [0.717, 1.165) is 12.8 Å². The highest BCUT2D eigenvalue weighted by molar-refractivity contribution is 7.92. The molecule has 1 saturated heterocycles. The largest absolute Gasteiger partial charge is 0.360 e. The molecule has 1 aromatic carbocycles. The van der Waals surface area contributed by atoms with Crippen LogP contribution in [0.25, 0.3) is 0 Å². The van der Waals surface area contributed by atoms with Gasteiger partial charge < -0.3 is 9.42 Å². The third-order valence-electron chi connectivity index (χ3n) is 3.97. The van der Waals surface area contributed by atoms with E-state index in [-0.39, 0.29) is 16.6 Å². The van der Waals surface area contributed by atoms with Gasteiger partial charge >= 0.3 is 0 Å². The summed E-state index contributed by atoms with van der Waals surface area (Å²) >= 11 is 0. The molecule has 7 nitrogen and oxygen atoms in total. The third-order valence-corrected chi connectivity index (χ3v) is 5.59. The maximum atomic E-state index is 12.6. The number of anilines is 2. The van der Waals surface area contributed by atoms with Gasteiger partial charge in [0.1, 0.15) is 5.69 Å². The van der Waals surface area contributed by atoms with Gasteiger partial charge in [0.15, 0.2) is 10.7 Å². The summed E-state index contributed by atoms with van der Waals surface area (Å²) in [4.78, 5) is 13.8. The molecule has 1 N–H and O–H groups in total. The van der Waals surface area contributed by atoms with Gasteiger partial charge in [0, 0.05) is 18.7 Å². The van der Waals surface area contributed by atoms with Crippen molar-refractivity contribution in [3.63, 3.8) is 0 Å². The zero-order valence-corrected chi connectivity index (χ0v) is 14.4. The molecular formula is C16H19N3O4S. The summed E-state index contributed by atoms with van der Waals surface area (Å²) in [6.07, 6.45) is 2.36. The van der Waals surface area contributed by atoms with Crippen molar-refractivity contribution in [2.45, 2.75) is 38.0 Å². The molecular weight excluding hydrogens is 330 g/mol. The van der Waals surface area contributed by atoms with E-state index >= 15 is 0 Å². The van der Waals surface area contributed by atoms with Crippen LogP contribution in [-0.4, -0.2) is 26.0 Å². The first-order valence-electron chi connectivity index (χ1n) is 7.74. The Hall–Kier alpha value is -2.35. The second kappa shape index (κ2) is 6.27. The second-order valence-electron chi connectivity index (χ2n) is 5.81. The first-order chi connectivity index (χ1) is 11.4. The number of amides is 1. The first kappa shape index (κ1) is 16.5. The number of hydrogen-bond acceptors (Lipinski definition) is 5. The summed E-state index contributed by atoms with van der Waals surface area (Å²) < 4.78 is 32.6. The Kier molecular flexibility index (Phi) is 4.31. The zero-order chi connectivity index (χ0) is 17.3.